The van der Waals surface area contributed by atoms with Gasteiger partial charge in [0.1, 0.15) is 0 Å². The first-order chi connectivity index (χ1) is 7.22. The summed E-state index contributed by atoms with van der Waals surface area (Å²) in [4.78, 5) is 22.4. The summed E-state index contributed by atoms with van der Waals surface area (Å²) in [6, 6.07) is 0. The summed E-state index contributed by atoms with van der Waals surface area (Å²) in [5.41, 5.74) is 8.28. The van der Waals surface area contributed by atoms with Crippen molar-refractivity contribution in [1.29, 1.82) is 0 Å². The summed E-state index contributed by atoms with van der Waals surface area (Å²) >= 11 is 0. The second-order valence-electron chi connectivity index (χ2n) is 4.18. The quantitative estimate of drug-likeness (QED) is 0.653. The third kappa shape index (κ3) is 3.01. The van der Waals surface area contributed by atoms with Crippen LogP contribution >= 0.6 is 0 Å². The van der Waals surface area contributed by atoms with Crippen LogP contribution in [0.25, 0.3) is 0 Å². The Morgan fingerprint density at radius 3 is 1.31 bits per heavy atom. The Kier molecular flexibility index (Phi) is 4.59. The van der Waals surface area contributed by atoms with Crippen LogP contribution in [-0.4, -0.2) is 22.9 Å². The molecule has 2 amide bonds. The van der Waals surface area contributed by atoms with Gasteiger partial charge in [-0.3, -0.25) is 9.59 Å². The van der Waals surface area contributed by atoms with E-state index in [1.165, 1.54) is 0 Å². The molecule has 0 heterocycles. The lowest BCUT2D eigenvalue weighted by atomic mass is 9.98. The van der Waals surface area contributed by atoms with Crippen molar-refractivity contribution in [3.63, 3.8) is 0 Å². The number of azo groups is 1. The predicted molar refractivity (Wildman–Crippen MR) is 60.6 cm³/mol. The molecule has 0 aliphatic carbocycles. The van der Waals surface area contributed by atoms with Gasteiger partial charge >= 0.3 is 0 Å². The van der Waals surface area contributed by atoms with Crippen molar-refractivity contribution in [2.45, 2.75) is 51.6 Å². The summed E-state index contributed by atoms with van der Waals surface area (Å²) in [5, 5.41) is 7.77. The number of carbonyl (C=O) groups is 2. The molecule has 0 saturated heterocycles. The molecule has 0 radical (unpaired) electrons. The van der Waals surface area contributed by atoms with Gasteiger partial charge < -0.3 is 11.5 Å². The van der Waals surface area contributed by atoms with Gasteiger partial charge in [0, 0.05) is 0 Å². The molecule has 4 N–H and O–H groups in total. The van der Waals surface area contributed by atoms with E-state index in [1.807, 2.05) is 0 Å². The molecule has 0 rings (SSSR count). The summed E-state index contributed by atoms with van der Waals surface area (Å²) in [6.45, 7) is 6.71. The molecule has 0 aromatic carbocycles. The lowest BCUT2D eigenvalue weighted by Gasteiger charge is -2.22. The maximum atomic E-state index is 11.2. The second-order valence-corrected chi connectivity index (χ2v) is 4.18. The Labute approximate surface area is 95.5 Å². The van der Waals surface area contributed by atoms with Crippen LogP contribution in [0.2, 0.25) is 0 Å². The number of primary amides is 2. The first-order valence-corrected chi connectivity index (χ1v) is 5.25. The molecular formula is C10H20N4O2. The second kappa shape index (κ2) is 5.05. The van der Waals surface area contributed by atoms with Crippen LogP contribution < -0.4 is 11.5 Å². The van der Waals surface area contributed by atoms with Gasteiger partial charge in [0.05, 0.1) is 0 Å². The van der Waals surface area contributed by atoms with Crippen molar-refractivity contribution < 1.29 is 9.59 Å². The topological polar surface area (TPSA) is 111 Å². The average molecular weight is 228 g/mol. The minimum absolute atomic E-state index is 0.421. The number of hydrogen-bond acceptors (Lipinski definition) is 4. The number of nitrogens with two attached hydrogens (primary N) is 2. The van der Waals surface area contributed by atoms with E-state index >= 15 is 0 Å². The monoisotopic (exact) mass is 228 g/mol. The Bertz CT molecular complexity index is 286. The molecule has 6 nitrogen and oxygen atoms in total. The zero-order valence-electron chi connectivity index (χ0n) is 10.3. The highest BCUT2D eigenvalue weighted by atomic mass is 16.2. The Morgan fingerprint density at radius 2 is 1.19 bits per heavy atom. The molecule has 0 bridgehead atoms. The molecule has 0 aromatic rings. The largest absolute Gasteiger partial charge is 0.368 e. The molecule has 0 spiro atoms. The number of amides is 2. The van der Waals surface area contributed by atoms with E-state index in [9.17, 15) is 9.59 Å². The van der Waals surface area contributed by atoms with Crippen LogP contribution in [0.1, 0.15) is 40.5 Å². The highest BCUT2D eigenvalue weighted by Crippen LogP contribution is 2.21. The van der Waals surface area contributed by atoms with Crippen LogP contribution in [0.4, 0.5) is 0 Å². The zero-order chi connectivity index (χ0) is 13.0. The van der Waals surface area contributed by atoms with Crippen molar-refractivity contribution in [3.8, 4) is 0 Å². The van der Waals surface area contributed by atoms with E-state index in [0.29, 0.717) is 12.8 Å². The maximum absolute atomic E-state index is 11.2. The SMILES string of the molecule is CCC(C)(N=NC(C)(CC)C(N)=O)C(N)=O. The van der Waals surface area contributed by atoms with Crippen molar-refractivity contribution in [2.75, 3.05) is 0 Å². The average Bonchev–Trinajstić information content (AvgIpc) is 2.24. The van der Waals surface area contributed by atoms with Gasteiger partial charge in [-0.15, -0.1) is 0 Å². The minimum atomic E-state index is -1.08. The van der Waals surface area contributed by atoms with Gasteiger partial charge in [0.25, 0.3) is 0 Å². The van der Waals surface area contributed by atoms with Gasteiger partial charge in [-0.25, -0.2) is 0 Å². The molecule has 92 valence electrons. The maximum Gasteiger partial charge on any atom is 0.246 e. The van der Waals surface area contributed by atoms with Gasteiger partial charge in [-0.1, -0.05) is 13.8 Å². The number of rotatable bonds is 6. The van der Waals surface area contributed by atoms with Gasteiger partial charge in [0.2, 0.25) is 11.8 Å². The number of hydrogen-bond donors (Lipinski definition) is 2. The normalized spacial score (nSPS) is 19.0. The molecule has 0 aromatic heterocycles. The summed E-state index contributed by atoms with van der Waals surface area (Å²) in [5.74, 6) is -1.14. The van der Waals surface area contributed by atoms with Crippen LogP contribution in [0, 0.1) is 0 Å². The van der Waals surface area contributed by atoms with Crippen molar-refractivity contribution in [2.24, 2.45) is 21.7 Å². The minimum Gasteiger partial charge on any atom is -0.368 e. The summed E-state index contributed by atoms with van der Waals surface area (Å²) < 4.78 is 0. The standard InChI is InChI=1S/C10H20N4O2/c1-5-9(3,7(11)15)13-14-10(4,6-2)8(12)16/h5-6H2,1-4H3,(H2,11,15)(H2,12,16). The molecule has 6 heteroatoms. The van der Waals surface area contributed by atoms with E-state index in [2.05, 4.69) is 10.2 Å². The molecule has 2 atom stereocenters. The van der Waals surface area contributed by atoms with Gasteiger partial charge in [0.15, 0.2) is 11.1 Å². The molecule has 0 aliphatic heterocycles. The smallest absolute Gasteiger partial charge is 0.246 e. The van der Waals surface area contributed by atoms with Crippen molar-refractivity contribution in [3.05, 3.63) is 0 Å². The lowest BCUT2D eigenvalue weighted by Crippen LogP contribution is -2.42. The molecule has 0 aliphatic rings. The molecule has 16 heavy (non-hydrogen) atoms. The number of nitrogens with zero attached hydrogens (tertiary/aromatic N) is 2. The van der Waals surface area contributed by atoms with Crippen molar-refractivity contribution in [1.82, 2.24) is 0 Å². The Balaban J connectivity index is 5.07. The van der Waals surface area contributed by atoms with Crippen LogP contribution in [0.15, 0.2) is 10.2 Å². The van der Waals surface area contributed by atoms with Crippen LogP contribution in [0.3, 0.4) is 0 Å². The van der Waals surface area contributed by atoms with E-state index < -0.39 is 22.9 Å². The van der Waals surface area contributed by atoms with E-state index in [0.717, 1.165) is 0 Å². The third-order valence-corrected chi connectivity index (χ3v) is 2.93. The highest BCUT2D eigenvalue weighted by molar-refractivity contribution is 5.85. The first kappa shape index (κ1) is 14.5. The third-order valence-electron chi connectivity index (χ3n) is 2.93. The van der Waals surface area contributed by atoms with Crippen LogP contribution in [0.5, 0.6) is 0 Å². The van der Waals surface area contributed by atoms with E-state index in [-0.39, 0.29) is 0 Å². The number of carbonyl (C=O) groups excluding carboxylic acids is 2. The zero-order valence-corrected chi connectivity index (χ0v) is 10.3. The van der Waals surface area contributed by atoms with Crippen LogP contribution in [-0.2, 0) is 9.59 Å². The molecule has 0 fully saturated rings. The van der Waals surface area contributed by atoms with E-state index in [4.69, 9.17) is 11.5 Å². The van der Waals surface area contributed by atoms with Gasteiger partial charge in [-0.05, 0) is 26.7 Å². The van der Waals surface area contributed by atoms with Crippen molar-refractivity contribution >= 4 is 11.8 Å². The molecular weight excluding hydrogens is 208 g/mol. The fourth-order valence-electron chi connectivity index (χ4n) is 0.809. The lowest BCUT2D eigenvalue weighted by molar-refractivity contribution is -0.124. The fraction of sp³-hybridized carbons (Fsp3) is 0.800. The van der Waals surface area contributed by atoms with E-state index in [1.54, 1.807) is 27.7 Å². The highest BCUT2D eigenvalue weighted by Gasteiger charge is 2.33. The predicted octanol–water partition coefficient (Wildman–Crippen LogP) is 0.747. The summed E-state index contributed by atoms with van der Waals surface area (Å²) in [6.07, 6.45) is 0.842. The first-order valence-electron chi connectivity index (χ1n) is 5.25. The molecule has 0 saturated carbocycles. The fourth-order valence-corrected chi connectivity index (χ4v) is 0.809. The summed E-state index contributed by atoms with van der Waals surface area (Å²) in [7, 11) is 0. The Morgan fingerprint density at radius 1 is 0.938 bits per heavy atom. The Hall–Kier alpha value is -1.46. The van der Waals surface area contributed by atoms with Gasteiger partial charge in [-0.2, -0.15) is 10.2 Å². The molecule has 2 unspecified atom stereocenters.